The highest BCUT2D eigenvalue weighted by Crippen LogP contribution is 2.19. The van der Waals surface area contributed by atoms with E-state index in [0.717, 1.165) is 23.2 Å². The van der Waals surface area contributed by atoms with Crippen molar-refractivity contribution in [2.45, 2.75) is 20.0 Å². The number of hydrogen-bond donors (Lipinski definition) is 2. The molecule has 0 radical (unpaired) electrons. The minimum Gasteiger partial charge on any atom is -0.387 e. The third-order valence-corrected chi connectivity index (χ3v) is 4.54. The molecule has 1 aliphatic heterocycles. The van der Waals surface area contributed by atoms with Gasteiger partial charge in [-0.15, -0.1) is 0 Å². The molecule has 7 heteroatoms. The zero-order valence-electron chi connectivity index (χ0n) is 15.4. The summed E-state index contributed by atoms with van der Waals surface area (Å²) in [4.78, 5) is 24.0. The molecule has 138 valence electrons. The Morgan fingerprint density at radius 2 is 1.88 bits per heavy atom. The summed E-state index contributed by atoms with van der Waals surface area (Å²) in [5.41, 5.74) is 3.14. The van der Waals surface area contributed by atoms with Crippen molar-refractivity contribution >= 4 is 17.5 Å². The van der Waals surface area contributed by atoms with E-state index in [1.165, 1.54) is 6.33 Å². The van der Waals surface area contributed by atoms with Crippen molar-refractivity contribution in [3.63, 3.8) is 0 Å². The molecule has 0 saturated carbocycles. The average molecular weight is 355 g/mol. The highest BCUT2D eigenvalue weighted by Gasteiger charge is 2.22. The smallest absolute Gasteiger partial charge is 0.241 e. The summed E-state index contributed by atoms with van der Waals surface area (Å²) < 4.78 is 0. The first-order chi connectivity index (χ1) is 12.4. The van der Waals surface area contributed by atoms with Crippen molar-refractivity contribution in [3.05, 3.63) is 47.3 Å². The summed E-state index contributed by atoms with van der Waals surface area (Å²) >= 11 is 0. The predicted octanol–water partition coefficient (Wildman–Crippen LogP) is 1.52. The van der Waals surface area contributed by atoms with Gasteiger partial charge in [0.15, 0.2) is 0 Å². The van der Waals surface area contributed by atoms with Crippen LogP contribution in [0.25, 0.3) is 0 Å². The van der Waals surface area contributed by atoms with Gasteiger partial charge in [0.2, 0.25) is 5.91 Å². The number of nitrogens with zero attached hydrogens (tertiary/aromatic N) is 4. The van der Waals surface area contributed by atoms with E-state index in [1.807, 2.05) is 36.9 Å². The normalized spacial score (nSPS) is 15.9. The van der Waals surface area contributed by atoms with Gasteiger partial charge in [-0.3, -0.25) is 4.79 Å². The van der Waals surface area contributed by atoms with Crippen LogP contribution in [0.4, 0.5) is 11.6 Å². The summed E-state index contributed by atoms with van der Waals surface area (Å²) in [7, 11) is 1.81. The zero-order chi connectivity index (χ0) is 18.7. The fourth-order valence-electron chi connectivity index (χ4n) is 3.09. The van der Waals surface area contributed by atoms with Gasteiger partial charge in [-0.1, -0.05) is 29.3 Å². The number of aromatic nitrogens is 2. The van der Waals surface area contributed by atoms with Gasteiger partial charge in [0.05, 0.1) is 12.6 Å². The van der Waals surface area contributed by atoms with Crippen LogP contribution in [-0.2, 0) is 4.79 Å². The molecule has 1 fully saturated rings. The molecule has 2 N–H and O–H groups in total. The molecule has 0 spiro atoms. The number of aliphatic hydroxyl groups is 1. The Hall–Kier alpha value is -2.67. The van der Waals surface area contributed by atoms with E-state index in [-0.39, 0.29) is 5.91 Å². The van der Waals surface area contributed by atoms with Gasteiger partial charge in [0.1, 0.15) is 18.0 Å². The van der Waals surface area contributed by atoms with Gasteiger partial charge in [-0.25, -0.2) is 9.97 Å². The third kappa shape index (κ3) is 4.29. The second kappa shape index (κ2) is 7.70. The topological polar surface area (TPSA) is 81.6 Å². The van der Waals surface area contributed by atoms with Crippen LogP contribution in [0.5, 0.6) is 0 Å². The number of aliphatic hydroxyl groups excluding tert-OH is 1. The van der Waals surface area contributed by atoms with E-state index >= 15 is 0 Å². The Kier molecular flexibility index (Phi) is 5.37. The van der Waals surface area contributed by atoms with E-state index in [1.54, 1.807) is 11.9 Å². The van der Waals surface area contributed by atoms with Crippen molar-refractivity contribution in [2.24, 2.45) is 0 Å². The lowest BCUT2D eigenvalue weighted by atomic mass is 10.0. The Morgan fingerprint density at radius 1 is 1.15 bits per heavy atom. The Morgan fingerprint density at radius 3 is 2.58 bits per heavy atom. The summed E-state index contributed by atoms with van der Waals surface area (Å²) in [6.07, 6.45) is 0.848. The maximum Gasteiger partial charge on any atom is 0.241 e. The molecule has 7 nitrogen and oxygen atoms in total. The first-order valence-electron chi connectivity index (χ1n) is 8.73. The number of rotatable bonds is 5. The van der Waals surface area contributed by atoms with Crippen LogP contribution < -0.4 is 10.2 Å². The fraction of sp³-hybridized carbons (Fsp3) is 0.421. The van der Waals surface area contributed by atoms with Crippen LogP contribution in [0.3, 0.4) is 0 Å². The van der Waals surface area contributed by atoms with Crippen LogP contribution in [0.15, 0.2) is 30.6 Å². The van der Waals surface area contributed by atoms with Crippen molar-refractivity contribution < 1.29 is 9.90 Å². The Balaban J connectivity index is 1.64. The number of aryl methyl sites for hydroxylation is 2. The quantitative estimate of drug-likeness (QED) is 0.846. The number of piperazine rings is 1. The molecule has 1 aromatic carbocycles. The van der Waals surface area contributed by atoms with Crippen LogP contribution in [0.1, 0.15) is 22.8 Å². The number of benzene rings is 1. The molecule has 3 rings (SSSR count). The van der Waals surface area contributed by atoms with E-state index < -0.39 is 6.10 Å². The highest BCUT2D eigenvalue weighted by atomic mass is 16.3. The van der Waals surface area contributed by atoms with Gasteiger partial charge in [-0.05, 0) is 19.4 Å². The SMILES string of the molecule is Cc1cc(C)cc(C(O)CNc2cc(N3CCN(C)C(=O)C3)ncn2)c1. The van der Waals surface area contributed by atoms with Crippen molar-refractivity contribution in [2.75, 3.05) is 43.4 Å². The molecule has 1 saturated heterocycles. The standard InChI is InChI=1S/C19H25N5O2/c1-13-6-14(2)8-15(7-13)16(25)10-20-17-9-18(22-12-21-17)24-5-4-23(3)19(26)11-24/h6-9,12,16,25H,4-5,10-11H2,1-3H3,(H,20,21,22). The molecule has 2 aromatic rings. The molecule has 1 aliphatic rings. The molecule has 1 atom stereocenters. The molecule has 1 unspecified atom stereocenters. The fourth-order valence-corrected chi connectivity index (χ4v) is 3.09. The average Bonchev–Trinajstić information content (AvgIpc) is 2.61. The van der Waals surface area contributed by atoms with Crippen molar-refractivity contribution in [1.29, 1.82) is 0 Å². The number of carbonyl (C=O) groups is 1. The zero-order valence-corrected chi connectivity index (χ0v) is 15.4. The second-order valence-corrected chi connectivity index (χ2v) is 6.82. The Labute approximate surface area is 153 Å². The van der Waals surface area contributed by atoms with Crippen LogP contribution in [0.2, 0.25) is 0 Å². The van der Waals surface area contributed by atoms with Gasteiger partial charge < -0.3 is 20.2 Å². The summed E-state index contributed by atoms with van der Waals surface area (Å²) in [5, 5.41) is 13.6. The molecule has 1 aromatic heterocycles. The molecule has 0 bridgehead atoms. The lowest BCUT2D eigenvalue weighted by molar-refractivity contribution is -0.129. The first kappa shape index (κ1) is 18.1. The van der Waals surface area contributed by atoms with Crippen molar-refractivity contribution in [1.82, 2.24) is 14.9 Å². The van der Waals surface area contributed by atoms with Crippen LogP contribution in [-0.4, -0.2) is 59.1 Å². The van der Waals surface area contributed by atoms with Crippen LogP contribution >= 0.6 is 0 Å². The highest BCUT2D eigenvalue weighted by molar-refractivity contribution is 5.82. The molecular formula is C19H25N5O2. The molecule has 1 amide bonds. The van der Waals surface area contributed by atoms with E-state index in [9.17, 15) is 9.90 Å². The number of likely N-dealkylation sites (N-methyl/N-ethyl adjacent to an activating group) is 1. The lowest BCUT2D eigenvalue weighted by Gasteiger charge is -2.32. The van der Waals surface area contributed by atoms with E-state index in [4.69, 9.17) is 0 Å². The molecular weight excluding hydrogens is 330 g/mol. The largest absolute Gasteiger partial charge is 0.387 e. The van der Waals surface area contributed by atoms with E-state index in [0.29, 0.717) is 31.3 Å². The van der Waals surface area contributed by atoms with Gasteiger partial charge >= 0.3 is 0 Å². The summed E-state index contributed by atoms with van der Waals surface area (Å²) in [6.45, 7) is 6.12. The van der Waals surface area contributed by atoms with Crippen molar-refractivity contribution in [3.8, 4) is 0 Å². The summed E-state index contributed by atoms with van der Waals surface area (Å²) in [5.74, 6) is 1.42. The van der Waals surface area contributed by atoms with E-state index in [2.05, 4.69) is 21.4 Å². The summed E-state index contributed by atoms with van der Waals surface area (Å²) in [6, 6.07) is 7.87. The number of carbonyl (C=O) groups excluding carboxylic acids is 1. The second-order valence-electron chi connectivity index (χ2n) is 6.82. The van der Waals surface area contributed by atoms with Gasteiger partial charge in [-0.2, -0.15) is 0 Å². The first-order valence-corrected chi connectivity index (χ1v) is 8.73. The number of hydrogen-bond acceptors (Lipinski definition) is 6. The molecule has 2 heterocycles. The molecule has 0 aliphatic carbocycles. The number of amides is 1. The number of nitrogens with one attached hydrogen (secondary N) is 1. The minimum absolute atomic E-state index is 0.0783. The minimum atomic E-state index is -0.628. The number of anilines is 2. The Bertz CT molecular complexity index is 775. The monoisotopic (exact) mass is 355 g/mol. The maximum absolute atomic E-state index is 11.9. The van der Waals surface area contributed by atoms with Gasteiger partial charge in [0.25, 0.3) is 0 Å². The maximum atomic E-state index is 11.9. The lowest BCUT2D eigenvalue weighted by Crippen LogP contribution is -2.48. The predicted molar refractivity (Wildman–Crippen MR) is 101 cm³/mol. The third-order valence-electron chi connectivity index (χ3n) is 4.54. The van der Waals surface area contributed by atoms with Crippen LogP contribution in [0, 0.1) is 13.8 Å². The van der Waals surface area contributed by atoms with Gasteiger partial charge in [0, 0.05) is 32.7 Å². The molecule has 26 heavy (non-hydrogen) atoms.